The molecule has 1 saturated carbocycles. The Kier molecular flexibility index (Phi) is 4.55. The van der Waals surface area contributed by atoms with Gasteiger partial charge in [0, 0.05) is 41.5 Å². The van der Waals surface area contributed by atoms with E-state index in [1.165, 1.54) is 43.5 Å². The zero-order chi connectivity index (χ0) is 17.2. The molecule has 1 aliphatic heterocycles. The second-order valence-corrected chi connectivity index (χ2v) is 7.29. The molecule has 2 nitrogen and oxygen atoms in total. The van der Waals surface area contributed by atoms with Gasteiger partial charge in [-0.15, -0.1) is 0 Å². The van der Waals surface area contributed by atoms with Gasteiger partial charge in [-0.25, -0.2) is 4.39 Å². The van der Waals surface area contributed by atoms with Gasteiger partial charge in [0.25, 0.3) is 0 Å². The predicted octanol–water partition coefficient (Wildman–Crippen LogP) is 4.21. The number of halogens is 1. The molecular formula is C22H23FN2. The lowest BCUT2D eigenvalue weighted by atomic mass is 9.78. The van der Waals surface area contributed by atoms with Crippen molar-refractivity contribution in [3.05, 3.63) is 65.2 Å². The standard InChI is InChI=1S/C22H23FN2/c1-25-15-20(19-4-2-3-5-22(19)25)21-13-10-17(14-24-21)7-6-16-8-11-18(23)12-9-16/h8-14,19-20,22H,2-5,15H2,1H3. The van der Waals surface area contributed by atoms with Crippen LogP contribution in [0.3, 0.4) is 0 Å². The number of hydrogen-bond acceptors (Lipinski definition) is 2. The molecule has 1 aromatic heterocycles. The van der Waals surface area contributed by atoms with Gasteiger partial charge < -0.3 is 4.90 Å². The summed E-state index contributed by atoms with van der Waals surface area (Å²) in [6.45, 7) is 1.11. The number of aromatic nitrogens is 1. The topological polar surface area (TPSA) is 16.1 Å². The van der Waals surface area contributed by atoms with Gasteiger partial charge in [-0.1, -0.05) is 24.7 Å². The van der Waals surface area contributed by atoms with E-state index in [9.17, 15) is 4.39 Å². The molecule has 128 valence electrons. The molecule has 3 atom stereocenters. The van der Waals surface area contributed by atoms with Crippen LogP contribution in [0.2, 0.25) is 0 Å². The Hall–Kier alpha value is -2.18. The molecule has 4 rings (SSSR count). The van der Waals surface area contributed by atoms with Gasteiger partial charge in [0.05, 0.1) is 0 Å². The summed E-state index contributed by atoms with van der Waals surface area (Å²) in [5.74, 6) is 7.25. The van der Waals surface area contributed by atoms with Gasteiger partial charge in [0.2, 0.25) is 0 Å². The van der Waals surface area contributed by atoms with Crippen LogP contribution in [0.4, 0.5) is 4.39 Å². The highest BCUT2D eigenvalue weighted by atomic mass is 19.1. The number of likely N-dealkylation sites (N-methyl/N-ethyl adjacent to an activating group) is 1. The predicted molar refractivity (Wildman–Crippen MR) is 97.7 cm³/mol. The normalized spacial score (nSPS) is 25.9. The summed E-state index contributed by atoms with van der Waals surface area (Å²) in [6.07, 6.45) is 7.25. The summed E-state index contributed by atoms with van der Waals surface area (Å²) in [5, 5.41) is 0. The van der Waals surface area contributed by atoms with E-state index in [4.69, 9.17) is 4.98 Å². The summed E-state index contributed by atoms with van der Waals surface area (Å²) in [4.78, 5) is 7.25. The van der Waals surface area contributed by atoms with Crippen molar-refractivity contribution in [3.63, 3.8) is 0 Å². The molecule has 0 spiro atoms. The lowest BCUT2D eigenvalue weighted by Crippen LogP contribution is -2.31. The first-order valence-corrected chi connectivity index (χ1v) is 9.14. The minimum Gasteiger partial charge on any atom is -0.302 e. The molecule has 1 aromatic carbocycles. The SMILES string of the molecule is CN1CC(c2ccc(C#Cc3ccc(F)cc3)cn2)C2CCCCC21. The van der Waals surface area contributed by atoms with E-state index in [0.29, 0.717) is 5.92 Å². The molecule has 2 aliphatic rings. The van der Waals surface area contributed by atoms with Crippen molar-refractivity contribution in [1.82, 2.24) is 9.88 Å². The highest BCUT2D eigenvalue weighted by molar-refractivity contribution is 5.42. The van der Waals surface area contributed by atoms with E-state index < -0.39 is 0 Å². The number of nitrogens with zero attached hydrogens (tertiary/aromatic N) is 2. The van der Waals surface area contributed by atoms with Crippen molar-refractivity contribution in [2.24, 2.45) is 5.92 Å². The van der Waals surface area contributed by atoms with Crippen LogP contribution in [0.25, 0.3) is 0 Å². The monoisotopic (exact) mass is 334 g/mol. The molecule has 3 unspecified atom stereocenters. The molecular weight excluding hydrogens is 311 g/mol. The first-order valence-electron chi connectivity index (χ1n) is 9.14. The van der Waals surface area contributed by atoms with Crippen LogP contribution in [0.1, 0.15) is 48.4 Å². The van der Waals surface area contributed by atoms with Crippen molar-refractivity contribution in [3.8, 4) is 11.8 Å². The van der Waals surface area contributed by atoms with E-state index >= 15 is 0 Å². The van der Waals surface area contributed by atoms with Crippen LogP contribution < -0.4 is 0 Å². The smallest absolute Gasteiger partial charge is 0.123 e. The quantitative estimate of drug-likeness (QED) is 0.726. The van der Waals surface area contributed by atoms with E-state index in [2.05, 4.69) is 35.9 Å². The summed E-state index contributed by atoms with van der Waals surface area (Å²) in [7, 11) is 2.26. The second kappa shape index (κ2) is 6.98. The third-order valence-corrected chi connectivity index (χ3v) is 5.71. The van der Waals surface area contributed by atoms with Crippen LogP contribution in [0.15, 0.2) is 42.6 Å². The largest absolute Gasteiger partial charge is 0.302 e. The van der Waals surface area contributed by atoms with E-state index in [-0.39, 0.29) is 5.82 Å². The molecule has 0 radical (unpaired) electrons. The minimum atomic E-state index is -0.237. The molecule has 0 bridgehead atoms. The van der Waals surface area contributed by atoms with Crippen molar-refractivity contribution in [2.75, 3.05) is 13.6 Å². The maximum Gasteiger partial charge on any atom is 0.123 e. The van der Waals surface area contributed by atoms with Crippen LogP contribution >= 0.6 is 0 Å². The van der Waals surface area contributed by atoms with Crippen LogP contribution in [-0.2, 0) is 0 Å². The number of benzene rings is 1. The fourth-order valence-corrected chi connectivity index (χ4v) is 4.43. The Morgan fingerprint density at radius 2 is 1.72 bits per heavy atom. The molecule has 25 heavy (non-hydrogen) atoms. The highest BCUT2D eigenvalue weighted by Crippen LogP contribution is 2.43. The summed E-state index contributed by atoms with van der Waals surface area (Å²) < 4.78 is 12.9. The van der Waals surface area contributed by atoms with E-state index in [1.54, 1.807) is 12.1 Å². The number of fused-ring (bicyclic) bond motifs is 1. The fraction of sp³-hybridized carbons (Fsp3) is 0.409. The van der Waals surface area contributed by atoms with E-state index in [1.807, 2.05) is 6.20 Å². The minimum absolute atomic E-state index is 0.237. The molecule has 2 heterocycles. The second-order valence-electron chi connectivity index (χ2n) is 7.29. The Morgan fingerprint density at radius 1 is 1.00 bits per heavy atom. The zero-order valence-electron chi connectivity index (χ0n) is 14.6. The highest BCUT2D eigenvalue weighted by Gasteiger charge is 2.41. The lowest BCUT2D eigenvalue weighted by molar-refractivity contribution is 0.212. The summed E-state index contributed by atoms with van der Waals surface area (Å²) >= 11 is 0. The maximum atomic E-state index is 12.9. The zero-order valence-corrected chi connectivity index (χ0v) is 14.6. The first-order chi connectivity index (χ1) is 12.2. The number of pyridine rings is 1. The van der Waals surface area contributed by atoms with Gasteiger partial charge in [-0.2, -0.15) is 0 Å². The Bertz CT molecular complexity index is 786. The van der Waals surface area contributed by atoms with Gasteiger partial charge >= 0.3 is 0 Å². The number of rotatable bonds is 1. The molecule has 0 N–H and O–H groups in total. The van der Waals surface area contributed by atoms with Crippen LogP contribution in [0, 0.1) is 23.6 Å². The molecule has 1 aliphatic carbocycles. The molecule has 0 amide bonds. The molecule has 1 saturated heterocycles. The van der Waals surface area contributed by atoms with Gasteiger partial charge in [0.1, 0.15) is 5.82 Å². The van der Waals surface area contributed by atoms with Gasteiger partial charge in [-0.05, 0) is 62.2 Å². The van der Waals surface area contributed by atoms with Crippen molar-refractivity contribution in [1.29, 1.82) is 0 Å². The molecule has 2 aromatic rings. The van der Waals surface area contributed by atoms with Gasteiger partial charge in [-0.3, -0.25) is 4.98 Å². The molecule has 2 fully saturated rings. The first kappa shape index (κ1) is 16.3. The van der Waals surface area contributed by atoms with Gasteiger partial charge in [0.15, 0.2) is 0 Å². The average Bonchev–Trinajstić information content (AvgIpc) is 2.99. The fourth-order valence-electron chi connectivity index (χ4n) is 4.43. The van der Waals surface area contributed by atoms with Crippen molar-refractivity contribution >= 4 is 0 Å². The summed E-state index contributed by atoms with van der Waals surface area (Å²) in [6, 6.07) is 11.2. The number of hydrogen-bond donors (Lipinski definition) is 0. The van der Waals surface area contributed by atoms with Crippen LogP contribution in [-0.4, -0.2) is 29.5 Å². The van der Waals surface area contributed by atoms with Crippen LogP contribution in [0.5, 0.6) is 0 Å². The van der Waals surface area contributed by atoms with Crippen molar-refractivity contribution < 1.29 is 4.39 Å². The third-order valence-electron chi connectivity index (χ3n) is 5.71. The molecule has 3 heteroatoms. The van der Waals surface area contributed by atoms with Crippen molar-refractivity contribution in [2.45, 2.75) is 37.6 Å². The Labute approximate surface area is 149 Å². The average molecular weight is 334 g/mol. The van der Waals surface area contributed by atoms with E-state index in [0.717, 1.165) is 29.6 Å². The maximum absolute atomic E-state index is 12.9. The summed E-state index contributed by atoms with van der Waals surface area (Å²) in [5.41, 5.74) is 2.92. The number of likely N-dealkylation sites (tertiary alicyclic amines) is 1. The Balaban J connectivity index is 1.50. The third kappa shape index (κ3) is 3.45. The lowest BCUT2D eigenvalue weighted by Gasteiger charge is -2.30. The Morgan fingerprint density at radius 3 is 2.48 bits per heavy atom.